The van der Waals surface area contributed by atoms with Crippen LogP contribution >= 0.6 is 11.6 Å². The number of anilines is 1. The Morgan fingerprint density at radius 3 is 2.43 bits per heavy atom. The second-order valence-corrected chi connectivity index (χ2v) is 5.65. The summed E-state index contributed by atoms with van der Waals surface area (Å²) in [6, 6.07) is 15.4. The van der Waals surface area contributed by atoms with Crippen molar-refractivity contribution < 1.29 is 9.53 Å². The van der Waals surface area contributed by atoms with E-state index >= 15 is 0 Å². The van der Waals surface area contributed by atoms with Gasteiger partial charge in [-0.2, -0.15) is 0 Å². The lowest BCUT2D eigenvalue weighted by molar-refractivity contribution is -0.146. The van der Waals surface area contributed by atoms with Crippen LogP contribution in [0.25, 0.3) is 11.1 Å². The molecule has 2 aromatic rings. The lowest BCUT2D eigenvalue weighted by Crippen LogP contribution is -2.29. The molecule has 0 saturated heterocycles. The molecule has 110 valence electrons. The number of esters is 1. The molecular weight excluding hydrogens is 286 g/mol. The molecule has 0 aliphatic carbocycles. The highest BCUT2D eigenvalue weighted by molar-refractivity contribution is 6.34. The molecule has 2 rings (SSSR count). The Kier molecular flexibility index (Phi) is 4.53. The SMILES string of the molecule is CCOC(=O)C(C)(Cl)c1ccc(-c2ccccc2)cc1N. The molecule has 3 nitrogen and oxygen atoms in total. The maximum Gasteiger partial charge on any atom is 0.331 e. The Balaban J connectivity index is 2.38. The van der Waals surface area contributed by atoms with Gasteiger partial charge < -0.3 is 10.5 Å². The summed E-state index contributed by atoms with van der Waals surface area (Å²) in [5, 5.41) is 0. The summed E-state index contributed by atoms with van der Waals surface area (Å²) in [4.78, 5) is 10.7. The van der Waals surface area contributed by atoms with Crippen molar-refractivity contribution in [3.63, 3.8) is 0 Å². The van der Waals surface area contributed by atoms with E-state index in [-0.39, 0.29) is 6.61 Å². The highest BCUT2D eigenvalue weighted by Gasteiger charge is 2.36. The van der Waals surface area contributed by atoms with E-state index in [0.29, 0.717) is 11.3 Å². The summed E-state index contributed by atoms with van der Waals surface area (Å²) < 4.78 is 5.00. The second kappa shape index (κ2) is 6.19. The Labute approximate surface area is 129 Å². The van der Waals surface area contributed by atoms with Crippen LogP contribution in [0, 0.1) is 0 Å². The van der Waals surface area contributed by atoms with Gasteiger partial charge in [0.15, 0.2) is 4.87 Å². The van der Waals surface area contributed by atoms with Crippen LogP contribution in [-0.2, 0) is 14.4 Å². The van der Waals surface area contributed by atoms with Crippen LogP contribution in [0.3, 0.4) is 0 Å². The molecule has 0 fully saturated rings. The third kappa shape index (κ3) is 3.19. The van der Waals surface area contributed by atoms with Gasteiger partial charge in [-0.1, -0.05) is 42.5 Å². The maximum absolute atomic E-state index is 12.0. The number of hydrogen-bond donors (Lipinski definition) is 1. The fraction of sp³-hybridized carbons (Fsp3) is 0.235. The predicted molar refractivity (Wildman–Crippen MR) is 86.1 cm³/mol. The van der Waals surface area contributed by atoms with E-state index < -0.39 is 10.8 Å². The molecule has 0 aliphatic heterocycles. The monoisotopic (exact) mass is 303 g/mol. The molecular formula is C17H18ClNO2. The molecule has 2 N–H and O–H groups in total. The van der Waals surface area contributed by atoms with Crippen LogP contribution in [0.5, 0.6) is 0 Å². The van der Waals surface area contributed by atoms with Crippen LogP contribution in [0.1, 0.15) is 19.4 Å². The first-order valence-corrected chi connectivity index (χ1v) is 7.16. The van der Waals surface area contributed by atoms with E-state index in [9.17, 15) is 4.79 Å². The van der Waals surface area contributed by atoms with E-state index in [4.69, 9.17) is 22.1 Å². The zero-order valence-electron chi connectivity index (χ0n) is 12.1. The van der Waals surface area contributed by atoms with E-state index in [1.807, 2.05) is 42.5 Å². The smallest absolute Gasteiger partial charge is 0.331 e. The van der Waals surface area contributed by atoms with Gasteiger partial charge in [0.05, 0.1) is 6.61 Å². The molecule has 21 heavy (non-hydrogen) atoms. The summed E-state index contributed by atoms with van der Waals surface area (Å²) in [5.41, 5.74) is 9.16. The number of ether oxygens (including phenoxy) is 1. The van der Waals surface area contributed by atoms with Crippen molar-refractivity contribution in [3.05, 3.63) is 54.1 Å². The fourth-order valence-corrected chi connectivity index (χ4v) is 2.40. The summed E-state index contributed by atoms with van der Waals surface area (Å²) in [6.45, 7) is 3.62. The maximum atomic E-state index is 12.0. The highest BCUT2D eigenvalue weighted by Crippen LogP contribution is 2.36. The van der Waals surface area contributed by atoms with Gasteiger partial charge in [0.25, 0.3) is 0 Å². The number of nitrogens with two attached hydrogens (primary N) is 1. The molecule has 0 aromatic heterocycles. The highest BCUT2D eigenvalue weighted by atomic mass is 35.5. The standard InChI is InChI=1S/C17H18ClNO2/c1-3-21-16(20)17(2,18)14-10-9-13(11-15(14)19)12-7-5-4-6-8-12/h4-11H,3,19H2,1-2H3. The molecule has 1 atom stereocenters. The number of carbonyl (C=O) groups is 1. The second-order valence-electron chi connectivity index (χ2n) is 4.89. The van der Waals surface area contributed by atoms with Crippen molar-refractivity contribution in [2.24, 2.45) is 0 Å². The lowest BCUT2D eigenvalue weighted by atomic mass is 9.95. The average molecular weight is 304 g/mol. The van der Waals surface area contributed by atoms with Crippen LogP contribution in [-0.4, -0.2) is 12.6 Å². The van der Waals surface area contributed by atoms with Crippen molar-refractivity contribution >= 4 is 23.3 Å². The van der Waals surface area contributed by atoms with Gasteiger partial charge >= 0.3 is 5.97 Å². The van der Waals surface area contributed by atoms with Crippen molar-refractivity contribution in [2.45, 2.75) is 18.7 Å². The topological polar surface area (TPSA) is 52.3 Å². The van der Waals surface area contributed by atoms with Gasteiger partial charge in [-0.25, -0.2) is 4.79 Å². The molecule has 0 aliphatic rings. The number of halogens is 1. The first kappa shape index (κ1) is 15.4. The molecule has 1 unspecified atom stereocenters. The number of rotatable bonds is 4. The minimum absolute atomic E-state index is 0.281. The molecule has 0 spiro atoms. The molecule has 0 amide bonds. The Hall–Kier alpha value is -2.00. The first-order chi connectivity index (χ1) is 9.96. The van der Waals surface area contributed by atoms with Crippen LogP contribution in [0.2, 0.25) is 0 Å². The molecule has 0 saturated carbocycles. The average Bonchev–Trinajstić information content (AvgIpc) is 2.48. The van der Waals surface area contributed by atoms with Crippen LogP contribution < -0.4 is 5.73 Å². The number of nitrogen functional groups attached to an aromatic ring is 1. The summed E-state index contributed by atoms with van der Waals surface area (Å²) in [7, 11) is 0. The largest absolute Gasteiger partial charge is 0.464 e. The van der Waals surface area contributed by atoms with Crippen LogP contribution in [0.4, 0.5) is 5.69 Å². The Bertz CT molecular complexity index is 638. The third-order valence-corrected chi connectivity index (χ3v) is 3.68. The zero-order chi connectivity index (χ0) is 15.5. The van der Waals surface area contributed by atoms with Crippen molar-refractivity contribution in [1.82, 2.24) is 0 Å². The van der Waals surface area contributed by atoms with Gasteiger partial charge in [-0.15, -0.1) is 11.6 Å². The minimum atomic E-state index is -1.28. The van der Waals surface area contributed by atoms with E-state index in [1.165, 1.54) is 0 Å². The van der Waals surface area contributed by atoms with Gasteiger partial charge in [-0.05, 0) is 31.0 Å². The third-order valence-electron chi connectivity index (χ3n) is 3.32. The predicted octanol–water partition coefficient (Wildman–Crippen LogP) is 3.95. The quantitative estimate of drug-likeness (QED) is 0.528. The molecule has 2 aromatic carbocycles. The van der Waals surface area contributed by atoms with Crippen molar-refractivity contribution in [3.8, 4) is 11.1 Å². The fourth-order valence-electron chi connectivity index (χ4n) is 2.18. The van der Waals surface area contributed by atoms with Crippen molar-refractivity contribution in [1.29, 1.82) is 0 Å². The lowest BCUT2D eigenvalue weighted by Gasteiger charge is -2.22. The normalized spacial score (nSPS) is 13.5. The zero-order valence-corrected chi connectivity index (χ0v) is 12.9. The van der Waals surface area contributed by atoms with Gasteiger partial charge in [-0.3, -0.25) is 0 Å². The van der Waals surface area contributed by atoms with Gasteiger partial charge in [0.2, 0.25) is 0 Å². The van der Waals surface area contributed by atoms with Gasteiger partial charge in [0.1, 0.15) is 0 Å². The number of alkyl halides is 1. The Morgan fingerprint density at radius 1 is 1.19 bits per heavy atom. The van der Waals surface area contributed by atoms with Gasteiger partial charge in [0, 0.05) is 11.3 Å². The summed E-state index contributed by atoms with van der Waals surface area (Å²) >= 11 is 6.34. The van der Waals surface area contributed by atoms with E-state index in [2.05, 4.69) is 0 Å². The first-order valence-electron chi connectivity index (χ1n) is 6.78. The molecule has 0 radical (unpaired) electrons. The Morgan fingerprint density at radius 2 is 1.86 bits per heavy atom. The minimum Gasteiger partial charge on any atom is -0.464 e. The number of benzene rings is 2. The molecule has 4 heteroatoms. The van der Waals surface area contributed by atoms with Crippen molar-refractivity contribution in [2.75, 3.05) is 12.3 Å². The van der Waals surface area contributed by atoms with E-state index in [0.717, 1.165) is 11.1 Å². The summed E-state index contributed by atoms with van der Waals surface area (Å²) in [5.74, 6) is -0.495. The molecule has 0 bridgehead atoms. The van der Waals surface area contributed by atoms with Crippen LogP contribution in [0.15, 0.2) is 48.5 Å². The van der Waals surface area contributed by atoms with E-state index in [1.54, 1.807) is 19.9 Å². The number of hydrogen-bond acceptors (Lipinski definition) is 3. The summed E-state index contributed by atoms with van der Waals surface area (Å²) in [6.07, 6.45) is 0. The number of carbonyl (C=O) groups excluding carboxylic acids is 1. The molecule has 0 heterocycles.